The summed E-state index contributed by atoms with van der Waals surface area (Å²) in [5.74, 6) is -0.785. The lowest BCUT2D eigenvalue weighted by Gasteiger charge is -2.39. The molecule has 35 heavy (non-hydrogen) atoms. The molecule has 2 heterocycles. The second-order valence-corrected chi connectivity index (χ2v) is 10.0. The van der Waals surface area contributed by atoms with Crippen LogP contribution in [0.2, 0.25) is 0 Å². The summed E-state index contributed by atoms with van der Waals surface area (Å²) in [6.07, 6.45) is 3.17. The molecule has 0 saturated carbocycles. The van der Waals surface area contributed by atoms with Gasteiger partial charge in [-0.3, -0.25) is 19.2 Å². The molecule has 0 spiro atoms. The van der Waals surface area contributed by atoms with Crippen LogP contribution in [-0.4, -0.2) is 64.6 Å². The number of hydrogen-bond acceptors (Lipinski definition) is 6. The molecule has 0 aliphatic carbocycles. The van der Waals surface area contributed by atoms with Gasteiger partial charge in [-0.1, -0.05) is 26.0 Å². The molecular weight excluding hydrogens is 468 g/mol. The first-order valence-corrected chi connectivity index (χ1v) is 12.9. The molecule has 0 radical (unpaired) electrons. The van der Waals surface area contributed by atoms with Crippen LogP contribution < -0.4 is 16.0 Å². The lowest BCUT2D eigenvalue weighted by molar-refractivity contribution is -0.150. The van der Waals surface area contributed by atoms with E-state index in [-0.39, 0.29) is 47.5 Å². The normalized spacial score (nSPS) is 23.7. The number of unbranched alkanes of at least 4 members (excludes halogenated alkanes) is 2. The predicted octanol–water partition coefficient (Wildman–Crippen LogP) is 1.53. The molecule has 3 rings (SSSR count). The maximum Gasteiger partial charge on any atom is 0.246 e. The smallest absolute Gasteiger partial charge is 0.246 e. The molecule has 0 bridgehead atoms. The van der Waals surface area contributed by atoms with Crippen molar-refractivity contribution in [2.45, 2.75) is 64.1 Å². The van der Waals surface area contributed by atoms with E-state index in [1.165, 1.54) is 12.1 Å². The number of carbonyl (C=O) groups excluding carboxylic acids is 4. The summed E-state index contributed by atoms with van der Waals surface area (Å²) >= 11 is 3.92. The minimum atomic E-state index is -0.698. The number of fused-ring (bicyclic) bond motifs is 1. The van der Waals surface area contributed by atoms with Crippen LogP contribution in [0.1, 0.15) is 57.6 Å². The molecule has 4 amide bonds. The number of phenolic OH excluding ortho intramolecular Hbond substituents is 1. The molecule has 2 aliphatic rings. The molecule has 4 N–H and O–H groups in total. The van der Waals surface area contributed by atoms with E-state index in [0.717, 1.165) is 24.8 Å². The number of hydrogen-bond donors (Lipinski definition) is 5. The van der Waals surface area contributed by atoms with Gasteiger partial charge in [0.15, 0.2) is 0 Å². The van der Waals surface area contributed by atoms with Crippen LogP contribution >= 0.6 is 12.6 Å². The molecule has 2 saturated heterocycles. The van der Waals surface area contributed by atoms with Crippen LogP contribution in [0.4, 0.5) is 0 Å². The molecule has 2 fully saturated rings. The quantitative estimate of drug-likeness (QED) is 0.231. The van der Waals surface area contributed by atoms with Crippen molar-refractivity contribution >= 4 is 36.3 Å². The van der Waals surface area contributed by atoms with Gasteiger partial charge in [-0.25, -0.2) is 0 Å². The number of nitrogens with one attached hydrogen (secondary N) is 3. The van der Waals surface area contributed by atoms with Crippen molar-refractivity contribution < 1.29 is 24.3 Å². The monoisotopic (exact) mass is 504 g/mol. The first kappa shape index (κ1) is 26.8. The summed E-state index contributed by atoms with van der Waals surface area (Å²) in [5.41, 5.74) is 0.719. The summed E-state index contributed by atoms with van der Waals surface area (Å²) in [4.78, 5) is 52.4. The molecule has 192 valence electrons. The van der Waals surface area contributed by atoms with Crippen LogP contribution in [0.15, 0.2) is 24.3 Å². The van der Waals surface area contributed by atoms with E-state index in [1.807, 2.05) is 13.8 Å². The maximum absolute atomic E-state index is 13.4. The van der Waals surface area contributed by atoms with E-state index in [0.29, 0.717) is 19.5 Å². The Morgan fingerprint density at radius 3 is 2.40 bits per heavy atom. The highest BCUT2D eigenvalue weighted by atomic mass is 32.1. The third kappa shape index (κ3) is 6.68. The summed E-state index contributed by atoms with van der Waals surface area (Å²) in [7, 11) is 0. The lowest BCUT2D eigenvalue weighted by Crippen LogP contribution is -2.61. The molecule has 0 unspecified atom stereocenters. The van der Waals surface area contributed by atoms with Crippen LogP contribution in [0.3, 0.4) is 0 Å². The number of rotatable bonds is 11. The number of aromatic hydroxyl groups is 1. The van der Waals surface area contributed by atoms with Crippen LogP contribution in [-0.2, 0) is 19.2 Å². The largest absolute Gasteiger partial charge is 0.508 e. The number of carbonyl (C=O) groups is 4. The Kier molecular flexibility index (Phi) is 9.42. The van der Waals surface area contributed by atoms with Crippen molar-refractivity contribution in [3.8, 4) is 5.75 Å². The number of amides is 4. The van der Waals surface area contributed by atoms with Crippen molar-refractivity contribution in [2.24, 2.45) is 11.8 Å². The molecule has 4 atom stereocenters. The molecule has 1 aromatic carbocycles. The van der Waals surface area contributed by atoms with Gasteiger partial charge in [0.1, 0.15) is 17.8 Å². The van der Waals surface area contributed by atoms with Crippen molar-refractivity contribution in [3.05, 3.63) is 29.8 Å². The minimum absolute atomic E-state index is 0.0928. The predicted molar refractivity (Wildman–Crippen MR) is 135 cm³/mol. The number of thiol groups is 1. The lowest BCUT2D eigenvalue weighted by atomic mass is 9.92. The van der Waals surface area contributed by atoms with Crippen LogP contribution in [0.5, 0.6) is 5.75 Å². The third-order valence-electron chi connectivity index (χ3n) is 6.56. The highest BCUT2D eigenvalue weighted by Crippen LogP contribution is 2.43. The number of nitrogens with zero attached hydrogens (tertiary/aromatic N) is 1. The fraction of sp³-hybridized carbons (Fsp3) is 0.600. The van der Waals surface area contributed by atoms with Crippen LogP contribution in [0.25, 0.3) is 0 Å². The van der Waals surface area contributed by atoms with Crippen LogP contribution in [0, 0.1) is 11.8 Å². The molecule has 9 nitrogen and oxygen atoms in total. The zero-order valence-electron chi connectivity index (χ0n) is 20.3. The van der Waals surface area contributed by atoms with Crippen molar-refractivity contribution in [1.82, 2.24) is 20.9 Å². The molecule has 2 aliphatic heterocycles. The molecule has 1 aromatic rings. The van der Waals surface area contributed by atoms with Gasteiger partial charge in [0.2, 0.25) is 23.6 Å². The highest BCUT2D eigenvalue weighted by molar-refractivity contribution is 7.81. The second-order valence-electron chi connectivity index (χ2n) is 9.69. The van der Waals surface area contributed by atoms with E-state index in [1.54, 1.807) is 17.0 Å². The Hall–Kier alpha value is -2.75. The number of phenols is 1. The van der Waals surface area contributed by atoms with Gasteiger partial charge in [-0.2, -0.15) is 12.6 Å². The SMILES string of the molecule is CC(C)C[C@@H]1NC(=O)[C@@H]2C[C@H](C(=O)NCCCCCNC(=O)CS)[C@H](c3ccc(O)cc3)N2C1=O. The molecular formula is C25H36N4O5S. The fourth-order valence-corrected chi connectivity index (χ4v) is 5.02. The summed E-state index contributed by atoms with van der Waals surface area (Å²) in [6.45, 7) is 5.04. The first-order chi connectivity index (χ1) is 16.7. The van der Waals surface area contributed by atoms with Crippen molar-refractivity contribution in [2.75, 3.05) is 18.8 Å². The average Bonchev–Trinajstić information content (AvgIpc) is 3.23. The van der Waals surface area contributed by atoms with Gasteiger partial charge in [0.25, 0.3) is 0 Å². The van der Waals surface area contributed by atoms with E-state index in [9.17, 15) is 24.3 Å². The van der Waals surface area contributed by atoms with Gasteiger partial charge in [0.05, 0.1) is 17.7 Å². The van der Waals surface area contributed by atoms with E-state index in [2.05, 4.69) is 28.6 Å². The van der Waals surface area contributed by atoms with Gasteiger partial charge in [0, 0.05) is 13.1 Å². The maximum atomic E-state index is 13.4. The summed E-state index contributed by atoms with van der Waals surface area (Å²) in [5, 5.41) is 18.3. The Morgan fingerprint density at radius 1 is 1.11 bits per heavy atom. The van der Waals surface area contributed by atoms with Gasteiger partial charge >= 0.3 is 0 Å². The average molecular weight is 505 g/mol. The van der Waals surface area contributed by atoms with Gasteiger partial charge in [-0.15, -0.1) is 0 Å². The first-order valence-electron chi connectivity index (χ1n) is 12.3. The Balaban J connectivity index is 1.69. The third-order valence-corrected chi connectivity index (χ3v) is 6.85. The zero-order valence-corrected chi connectivity index (χ0v) is 21.2. The Bertz CT molecular complexity index is 923. The standard InChI is InChI=1S/C25H36N4O5S/c1-15(2)12-19-25(34)29-20(24(33)28-19)13-18(22(29)16-6-8-17(30)9-7-16)23(32)27-11-5-3-4-10-26-21(31)14-35/h6-9,15,18-20,22,30,35H,3-5,10-14H2,1-2H3,(H,26,31)(H,27,32)(H,28,33)/t18-,19-,20-,22-/m0/s1. The molecule has 10 heteroatoms. The van der Waals surface area contributed by atoms with E-state index in [4.69, 9.17) is 0 Å². The number of piperazine rings is 1. The van der Waals surface area contributed by atoms with E-state index < -0.39 is 24.0 Å². The van der Waals surface area contributed by atoms with Gasteiger partial charge in [-0.05, 0) is 55.7 Å². The van der Waals surface area contributed by atoms with E-state index >= 15 is 0 Å². The zero-order chi connectivity index (χ0) is 25.5. The summed E-state index contributed by atoms with van der Waals surface area (Å²) in [6, 6.07) is 4.59. The summed E-state index contributed by atoms with van der Waals surface area (Å²) < 4.78 is 0. The Morgan fingerprint density at radius 2 is 1.77 bits per heavy atom. The highest BCUT2D eigenvalue weighted by Gasteiger charge is 2.54. The fourth-order valence-electron chi connectivity index (χ4n) is 4.90. The van der Waals surface area contributed by atoms with Crippen molar-refractivity contribution in [3.63, 3.8) is 0 Å². The number of benzene rings is 1. The minimum Gasteiger partial charge on any atom is -0.508 e. The second kappa shape index (κ2) is 12.3. The topological polar surface area (TPSA) is 128 Å². The van der Waals surface area contributed by atoms with Gasteiger partial charge < -0.3 is 26.0 Å². The Labute approximate surface area is 211 Å². The molecule has 0 aromatic heterocycles. The van der Waals surface area contributed by atoms with Crippen molar-refractivity contribution in [1.29, 1.82) is 0 Å².